The molecule has 0 bridgehead atoms. The van der Waals surface area contributed by atoms with Gasteiger partial charge in [-0.1, -0.05) is 133 Å². The summed E-state index contributed by atoms with van der Waals surface area (Å²) in [7, 11) is 0. The van der Waals surface area contributed by atoms with Crippen molar-refractivity contribution in [2.45, 2.75) is 57.8 Å². The Labute approximate surface area is 293 Å². The fraction of sp³-hybridized carbons (Fsp3) is 0.184. The molecule has 0 N–H and O–H groups in total. The second-order valence-corrected chi connectivity index (χ2v) is 16.6. The van der Waals surface area contributed by atoms with Crippen LogP contribution in [0.25, 0.3) is 54.2 Å². The van der Waals surface area contributed by atoms with E-state index >= 15 is 0 Å². The van der Waals surface area contributed by atoms with Gasteiger partial charge in [0.1, 0.15) is 0 Å². The van der Waals surface area contributed by atoms with Gasteiger partial charge in [-0.3, -0.25) is 0 Å². The van der Waals surface area contributed by atoms with Gasteiger partial charge in [-0.05, 0) is 124 Å². The first-order chi connectivity index (χ1) is 24.0. The van der Waals surface area contributed by atoms with Crippen LogP contribution in [-0.4, -0.2) is 0 Å². The highest BCUT2D eigenvalue weighted by molar-refractivity contribution is 6.17. The second-order valence-electron chi connectivity index (χ2n) is 16.6. The van der Waals surface area contributed by atoms with E-state index in [1.807, 2.05) is 0 Å². The van der Waals surface area contributed by atoms with Crippen molar-refractivity contribution >= 4 is 60.2 Å². The summed E-state index contributed by atoms with van der Waals surface area (Å²) >= 11 is 0. The first kappa shape index (κ1) is 28.4. The second kappa shape index (κ2) is 9.03. The van der Waals surface area contributed by atoms with Crippen LogP contribution in [-0.2, 0) is 16.2 Å². The summed E-state index contributed by atoms with van der Waals surface area (Å²) in [5.74, 6) is 0. The Bertz CT molecular complexity index is 2700. The van der Waals surface area contributed by atoms with E-state index in [-0.39, 0.29) is 16.2 Å². The van der Waals surface area contributed by atoms with E-state index in [4.69, 9.17) is 0 Å². The Balaban J connectivity index is 1.21. The molecule has 0 spiro atoms. The third-order valence-electron chi connectivity index (χ3n) is 12.9. The van der Waals surface area contributed by atoms with Gasteiger partial charge in [-0.15, -0.1) is 0 Å². The Morgan fingerprint density at radius 1 is 0.320 bits per heavy atom. The molecule has 1 heteroatoms. The predicted molar refractivity (Wildman–Crippen MR) is 213 cm³/mol. The summed E-state index contributed by atoms with van der Waals surface area (Å²) in [5, 5.41) is 10.9. The van der Waals surface area contributed by atoms with E-state index in [0.29, 0.717) is 0 Å². The van der Waals surface area contributed by atoms with E-state index in [9.17, 15) is 0 Å². The smallest absolute Gasteiger partial charge is 0.0471 e. The fourth-order valence-corrected chi connectivity index (χ4v) is 10.3. The molecule has 50 heavy (non-hydrogen) atoms. The Morgan fingerprint density at radius 2 is 0.760 bits per heavy atom. The van der Waals surface area contributed by atoms with Crippen molar-refractivity contribution in [1.82, 2.24) is 0 Å². The third-order valence-corrected chi connectivity index (χ3v) is 12.9. The first-order valence-electron chi connectivity index (χ1n) is 18.1. The molecule has 0 heterocycles. The minimum Gasteiger partial charge on any atom is -0.310 e. The van der Waals surface area contributed by atoms with Crippen LogP contribution in [0, 0.1) is 0 Å². The van der Waals surface area contributed by atoms with Crippen LogP contribution >= 0.6 is 0 Å². The van der Waals surface area contributed by atoms with Gasteiger partial charge in [0.15, 0.2) is 0 Å². The number of hydrogen-bond acceptors (Lipinski definition) is 1. The summed E-state index contributed by atoms with van der Waals surface area (Å²) in [6, 6.07) is 49.0. The molecule has 240 valence electrons. The number of nitrogens with zero attached hydrogens (tertiary/aromatic N) is 1. The number of fused-ring (bicyclic) bond motifs is 3. The standard InChI is InChI=1S/C49H39N/c1-47(2)37-14-8-7-13-35(37)36-22-21-32(25-40(36)47)50(33-23-30-19-17-28-11-9-15-38-43(28)45(30)41(26-33)48(38,3)4)34-24-31-20-18-29-12-10-16-39-44(29)46(31)42(27-34)49(39,5)6/h7-27H,1-6H3. The van der Waals surface area contributed by atoms with Crippen molar-refractivity contribution in [2.24, 2.45) is 0 Å². The Hall–Kier alpha value is -5.40. The lowest BCUT2D eigenvalue weighted by atomic mass is 9.81. The zero-order chi connectivity index (χ0) is 33.9. The third kappa shape index (κ3) is 3.34. The zero-order valence-electron chi connectivity index (χ0n) is 29.6. The minimum atomic E-state index is -0.0998. The maximum Gasteiger partial charge on any atom is 0.0471 e. The summed E-state index contributed by atoms with van der Waals surface area (Å²) in [5.41, 5.74) is 14.5. The molecule has 0 fully saturated rings. The SMILES string of the molecule is CC1(C)c2ccccc2-c2ccc(N(c3cc4c5c(ccc6cccc(c65)C4(C)C)c3)c3cc4c5c(ccc6cccc(c65)C4(C)C)c3)cc21. The number of benzene rings is 8. The van der Waals surface area contributed by atoms with E-state index in [1.54, 1.807) is 0 Å². The van der Waals surface area contributed by atoms with Gasteiger partial charge in [0.25, 0.3) is 0 Å². The molecule has 8 aromatic carbocycles. The molecule has 0 amide bonds. The lowest BCUT2D eigenvalue weighted by molar-refractivity contribution is 0.660. The quantitative estimate of drug-likeness (QED) is 0.174. The van der Waals surface area contributed by atoms with Gasteiger partial charge >= 0.3 is 0 Å². The van der Waals surface area contributed by atoms with Gasteiger partial charge in [-0.2, -0.15) is 0 Å². The van der Waals surface area contributed by atoms with Crippen LogP contribution in [0.3, 0.4) is 0 Å². The van der Waals surface area contributed by atoms with Crippen LogP contribution in [0.5, 0.6) is 0 Å². The minimum absolute atomic E-state index is 0.0903. The Morgan fingerprint density at radius 3 is 1.34 bits per heavy atom. The summed E-state index contributed by atoms with van der Waals surface area (Å²) in [6.07, 6.45) is 0. The van der Waals surface area contributed by atoms with E-state index < -0.39 is 0 Å². The first-order valence-corrected chi connectivity index (χ1v) is 18.1. The number of anilines is 3. The molecule has 0 aromatic heterocycles. The molecule has 0 aliphatic heterocycles. The van der Waals surface area contributed by atoms with Gasteiger partial charge in [0, 0.05) is 33.3 Å². The predicted octanol–water partition coefficient (Wildman–Crippen LogP) is 13.4. The van der Waals surface area contributed by atoms with Crippen molar-refractivity contribution in [1.29, 1.82) is 0 Å². The molecule has 3 aliphatic carbocycles. The van der Waals surface area contributed by atoms with Crippen molar-refractivity contribution < 1.29 is 0 Å². The molecular formula is C49H39N. The molecule has 8 aromatic rings. The van der Waals surface area contributed by atoms with Crippen LogP contribution < -0.4 is 4.90 Å². The summed E-state index contributed by atoms with van der Waals surface area (Å²) < 4.78 is 0. The molecule has 3 aliphatic rings. The number of hydrogen-bond donors (Lipinski definition) is 0. The monoisotopic (exact) mass is 641 g/mol. The fourth-order valence-electron chi connectivity index (χ4n) is 10.3. The van der Waals surface area contributed by atoms with E-state index in [0.717, 1.165) is 0 Å². The van der Waals surface area contributed by atoms with Crippen molar-refractivity contribution in [3.05, 3.63) is 161 Å². The average molecular weight is 642 g/mol. The van der Waals surface area contributed by atoms with Gasteiger partial charge in [-0.25, -0.2) is 0 Å². The summed E-state index contributed by atoms with van der Waals surface area (Å²) in [4.78, 5) is 2.55. The molecule has 0 radical (unpaired) electrons. The molecule has 0 unspecified atom stereocenters. The van der Waals surface area contributed by atoms with Gasteiger partial charge in [0.05, 0.1) is 0 Å². The highest BCUT2D eigenvalue weighted by Gasteiger charge is 2.39. The van der Waals surface area contributed by atoms with E-state index in [2.05, 4.69) is 174 Å². The van der Waals surface area contributed by atoms with Crippen LogP contribution in [0.15, 0.2) is 127 Å². The van der Waals surface area contributed by atoms with Gasteiger partial charge in [0.2, 0.25) is 0 Å². The van der Waals surface area contributed by atoms with Gasteiger partial charge < -0.3 is 4.90 Å². The largest absolute Gasteiger partial charge is 0.310 e. The molecule has 0 atom stereocenters. The Kier molecular flexibility index (Phi) is 5.14. The van der Waals surface area contributed by atoms with Crippen molar-refractivity contribution in [3.63, 3.8) is 0 Å². The number of rotatable bonds is 3. The highest BCUT2D eigenvalue weighted by atomic mass is 15.1. The average Bonchev–Trinajstić information content (AvgIpc) is 3.60. The molecular weight excluding hydrogens is 603 g/mol. The molecule has 0 saturated carbocycles. The maximum atomic E-state index is 2.55. The van der Waals surface area contributed by atoms with Crippen molar-refractivity contribution in [3.8, 4) is 11.1 Å². The van der Waals surface area contributed by atoms with Crippen LogP contribution in [0.2, 0.25) is 0 Å². The molecule has 0 saturated heterocycles. The summed E-state index contributed by atoms with van der Waals surface area (Å²) in [6.45, 7) is 14.4. The lowest BCUT2D eigenvalue weighted by Crippen LogP contribution is -2.19. The highest BCUT2D eigenvalue weighted by Crippen LogP contribution is 2.55. The topological polar surface area (TPSA) is 3.24 Å². The molecule has 11 rings (SSSR count). The van der Waals surface area contributed by atoms with Crippen LogP contribution in [0.1, 0.15) is 74.9 Å². The van der Waals surface area contributed by atoms with Crippen molar-refractivity contribution in [2.75, 3.05) is 4.90 Å². The normalized spacial score (nSPS) is 16.7. The molecule has 1 nitrogen and oxygen atoms in total. The van der Waals surface area contributed by atoms with Crippen LogP contribution in [0.4, 0.5) is 17.1 Å². The lowest BCUT2D eigenvalue weighted by Gasteiger charge is -2.31. The zero-order valence-corrected chi connectivity index (χ0v) is 29.6. The van der Waals surface area contributed by atoms with E-state index in [1.165, 1.54) is 105 Å². The maximum absolute atomic E-state index is 2.55.